The molecule has 0 aliphatic carbocycles. The zero-order valence-electron chi connectivity index (χ0n) is 10.1. The van der Waals surface area contributed by atoms with Crippen LogP contribution in [0.25, 0.3) is 5.57 Å². The van der Waals surface area contributed by atoms with Gasteiger partial charge in [-0.2, -0.15) is 0 Å². The molecule has 0 heterocycles. The molecule has 1 heteroatoms. The molecule has 0 aromatic heterocycles. The van der Waals surface area contributed by atoms with Crippen LogP contribution in [-0.2, 0) is 18.6 Å². The summed E-state index contributed by atoms with van der Waals surface area (Å²) in [5.41, 5.74) is 4.76. The monoisotopic (exact) mass is 257 g/mol. The van der Waals surface area contributed by atoms with Crippen molar-refractivity contribution in [1.82, 2.24) is 0 Å². The fraction of sp³-hybridized carbons (Fsp3) is 0.125. The quantitative estimate of drug-likeness (QED) is 0.710. The van der Waals surface area contributed by atoms with Crippen molar-refractivity contribution in [2.45, 2.75) is 13.8 Å². The van der Waals surface area contributed by atoms with Gasteiger partial charge in [0.15, 0.2) is 0 Å². The zero-order valence-corrected chi connectivity index (χ0v) is 11.5. The molecule has 0 saturated heterocycles. The Kier molecular flexibility index (Phi) is 5.28. The van der Waals surface area contributed by atoms with Gasteiger partial charge in [0.05, 0.1) is 0 Å². The van der Waals surface area contributed by atoms with Gasteiger partial charge in [-0.3, -0.25) is 0 Å². The Labute approximate surface area is 115 Å². The van der Waals surface area contributed by atoms with Crippen molar-refractivity contribution in [3.63, 3.8) is 0 Å². The van der Waals surface area contributed by atoms with Gasteiger partial charge in [0.25, 0.3) is 0 Å². The normalized spacial score (nSPS) is 9.29. The summed E-state index contributed by atoms with van der Waals surface area (Å²) in [7, 11) is 0. The molecular formula is C16H14V. The average Bonchev–Trinajstić information content (AvgIpc) is 2.31. The Bertz CT molecular complexity index is 438. The van der Waals surface area contributed by atoms with Crippen molar-refractivity contribution >= 4 is 5.57 Å². The number of hydrogen-bond acceptors (Lipinski definition) is 0. The molecule has 2 aromatic carbocycles. The van der Waals surface area contributed by atoms with E-state index in [1.54, 1.807) is 0 Å². The third-order valence-corrected chi connectivity index (χ3v) is 2.46. The molecule has 0 saturated carbocycles. The smallest absolute Gasteiger partial charge is 0.147 e. The number of rotatable bonds is 2. The maximum absolute atomic E-state index is 3.27. The number of allylic oxidation sites excluding steroid dienone is 1. The van der Waals surface area contributed by atoms with E-state index in [0.29, 0.717) is 0 Å². The molecule has 0 amide bonds. The summed E-state index contributed by atoms with van der Waals surface area (Å²) in [6.07, 6.45) is 0. The Morgan fingerprint density at radius 1 is 0.824 bits per heavy atom. The largest absolute Gasteiger partial charge is 2.00 e. The van der Waals surface area contributed by atoms with E-state index in [-0.39, 0.29) is 18.6 Å². The summed E-state index contributed by atoms with van der Waals surface area (Å²) < 4.78 is 0. The summed E-state index contributed by atoms with van der Waals surface area (Å²) in [5.74, 6) is 0. The van der Waals surface area contributed by atoms with Gasteiger partial charge in [-0.1, -0.05) is 13.8 Å². The summed E-state index contributed by atoms with van der Waals surface area (Å²) in [5, 5.41) is 0. The van der Waals surface area contributed by atoms with Crippen molar-refractivity contribution in [2.75, 3.05) is 0 Å². The molecular weight excluding hydrogens is 243 g/mol. The van der Waals surface area contributed by atoms with Crippen molar-refractivity contribution < 1.29 is 18.6 Å². The second-order valence-electron chi connectivity index (χ2n) is 3.93. The minimum Gasteiger partial charge on any atom is -0.147 e. The van der Waals surface area contributed by atoms with E-state index in [2.05, 4.69) is 38.1 Å². The second kappa shape index (κ2) is 6.49. The van der Waals surface area contributed by atoms with E-state index in [4.69, 9.17) is 0 Å². The Hall–Kier alpha value is -1.24. The Morgan fingerprint density at radius 2 is 1.29 bits per heavy atom. The van der Waals surface area contributed by atoms with E-state index in [9.17, 15) is 0 Å². The summed E-state index contributed by atoms with van der Waals surface area (Å²) in [4.78, 5) is 0. The van der Waals surface area contributed by atoms with E-state index in [0.717, 1.165) is 11.1 Å². The van der Waals surface area contributed by atoms with Gasteiger partial charge in [0.1, 0.15) is 0 Å². The molecule has 0 spiro atoms. The first-order valence-electron chi connectivity index (χ1n) is 5.40. The van der Waals surface area contributed by atoms with E-state index in [1.807, 2.05) is 36.4 Å². The first-order chi connectivity index (χ1) is 7.79. The molecule has 1 radical (unpaired) electrons. The average molecular weight is 257 g/mol. The topological polar surface area (TPSA) is 0 Å². The van der Waals surface area contributed by atoms with E-state index < -0.39 is 0 Å². The van der Waals surface area contributed by atoms with Crippen LogP contribution in [0.3, 0.4) is 0 Å². The zero-order chi connectivity index (χ0) is 11.4. The van der Waals surface area contributed by atoms with Gasteiger partial charge >= 0.3 is 18.6 Å². The summed E-state index contributed by atoms with van der Waals surface area (Å²) in [6.45, 7) is 4.24. The molecule has 0 unspecified atom stereocenters. The molecule has 2 rings (SSSR count). The molecule has 0 fully saturated rings. The van der Waals surface area contributed by atoms with Crippen LogP contribution in [0, 0.1) is 12.1 Å². The summed E-state index contributed by atoms with van der Waals surface area (Å²) >= 11 is 0. The molecule has 0 aliphatic rings. The Balaban J connectivity index is 0.00000144. The molecule has 2 aromatic rings. The van der Waals surface area contributed by atoms with Crippen molar-refractivity contribution in [1.29, 1.82) is 0 Å². The van der Waals surface area contributed by atoms with Crippen LogP contribution in [0.15, 0.2) is 54.1 Å². The van der Waals surface area contributed by atoms with Crippen LogP contribution in [0.5, 0.6) is 0 Å². The van der Waals surface area contributed by atoms with Gasteiger partial charge in [-0.05, 0) is 0 Å². The fourth-order valence-electron chi connectivity index (χ4n) is 1.78. The molecule has 0 nitrogen and oxygen atoms in total. The molecule has 0 bridgehead atoms. The van der Waals surface area contributed by atoms with Crippen LogP contribution in [0.2, 0.25) is 0 Å². The summed E-state index contributed by atoms with van der Waals surface area (Å²) in [6, 6.07) is 22.7. The minimum absolute atomic E-state index is 0. The molecule has 0 aliphatic heterocycles. The molecule has 0 N–H and O–H groups in total. The van der Waals surface area contributed by atoms with Gasteiger partial charge in [-0.15, -0.1) is 82.9 Å². The predicted octanol–water partition coefficient (Wildman–Crippen LogP) is 4.13. The first kappa shape index (κ1) is 13.8. The van der Waals surface area contributed by atoms with Crippen LogP contribution in [0.4, 0.5) is 0 Å². The van der Waals surface area contributed by atoms with Crippen LogP contribution >= 0.6 is 0 Å². The van der Waals surface area contributed by atoms with Crippen LogP contribution in [-0.4, -0.2) is 0 Å². The van der Waals surface area contributed by atoms with Crippen molar-refractivity contribution in [3.05, 3.63) is 77.4 Å². The Morgan fingerprint density at radius 3 is 1.59 bits per heavy atom. The molecule has 83 valence electrons. The third-order valence-electron chi connectivity index (χ3n) is 2.46. The predicted molar refractivity (Wildman–Crippen MR) is 67.9 cm³/mol. The third kappa shape index (κ3) is 3.36. The van der Waals surface area contributed by atoms with Crippen LogP contribution in [0.1, 0.15) is 25.0 Å². The van der Waals surface area contributed by atoms with Crippen molar-refractivity contribution in [2.24, 2.45) is 0 Å². The molecule has 17 heavy (non-hydrogen) atoms. The first-order valence-corrected chi connectivity index (χ1v) is 5.40. The van der Waals surface area contributed by atoms with Gasteiger partial charge in [0.2, 0.25) is 0 Å². The van der Waals surface area contributed by atoms with Gasteiger partial charge < -0.3 is 0 Å². The maximum atomic E-state index is 3.27. The van der Waals surface area contributed by atoms with Crippen molar-refractivity contribution in [3.8, 4) is 0 Å². The minimum atomic E-state index is 0. The number of hydrogen-bond donors (Lipinski definition) is 0. The fourth-order valence-corrected chi connectivity index (χ4v) is 1.78. The second-order valence-corrected chi connectivity index (χ2v) is 3.93. The van der Waals surface area contributed by atoms with E-state index in [1.165, 1.54) is 11.1 Å². The van der Waals surface area contributed by atoms with Gasteiger partial charge in [-0.25, -0.2) is 0 Å². The molecule has 0 atom stereocenters. The standard InChI is InChI=1S/C16H14.V/c1-13(2)16(14-9-5-3-6-10-14)15-11-7-4-8-12-15;/h3-9,11H,1-2H3;/q-2;+2. The number of benzene rings is 2. The van der Waals surface area contributed by atoms with Gasteiger partial charge in [0, 0.05) is 0 Å². The van der Waals surface area contributed by atoms with Crippen LogP contribution < -0.4 is 0 Å². The SMILES string of the molecule is CC(C)=C(c1[c-]cccc1)c1[c-]cccc1.[V+2]. The maximum Gasteiger partial charge on any atom is 2.00 e. The van der Waals surface area contributed by atoms with E-state index >= 15 is 0 Å².